The average Bonchev–Trinajstić information content (AvgIpc) is 4.03. The second-order valence-corrected chi connectivity index (χ2v) is 20.1. The number of carbonyl (C=O) groups is 1. The molecule has 368 valence electrons. The lowest BCUT2D eigenvalue weighted by Gasteiger charge is -2.41. The molecule has 5 aromatic rings. The molecule has 17 heteroatoms. The number of fused-ring (bicyclic) bond motifs is 4. The third-order valence-corrected chi connectivity index (χ3v) is 15.5. The standard InChI is InChI=1S/C52H65ClFN9O5S/c1-35-36(2)69-52-49(35)50(39-9-11-40(53)12-10-39)57-44(51-59-58-37(3)63(51)52)34-48(64)56-19-25-66-27-29-68-31-30-67-28-26-65-24-17-38-14-21-60(22-15-38)42-13-18-55-47(33-42)62-23-16-46-45(62)8-5-20-61(46)43-7-4-6-41(54)32-43/h4,6-7,9-13,18,32-33,38,44-46H,5,8,14-17,19-31,34H2,1-3H3,(H,56,64)/t44-,45+,46+/m0/s1. The van der Waals surface area contributed by atoms with Gasteiger partial charge in [-0.2, -0.15) is 0 Å². The molecule has 0 bridgehead atoms. The van der Waals surface area contributed by atoms with Crippen molar-refractivity contribution in [1.82, 2.24) is 25.1 Å². The van der Waals surface area contributed by atoms with Gasteiger partial charge in [0.05, 0.1) is 70.5 Å². The maximum Gasteiger partial charge on any atom is 0.222 e. The third-order valence-electron chi connectivity index (χ3n) is 14.0. The Labute approximate surface area is 414 Å². The minimum atomic E-state index is -0.529. The number of nitrogens with zero attached hydrogens (tertiary/aromatic N) is 8. The molecule has 0 saturated carbocycles. The zero-order valence-electron chi connectivity index (χ0n) is 40.1. The zero-order valence-corrected chi connectivity index (χ0v) is 41.7. The highest BCUT2D eigenvalue weighted by molar-refractivity contribution is 7.15. The molecule has 0 aliphatic carbocycles. The second-order valence-electron chi connectivity index (χ2n) is 18.4. The number of amides is 1. The summed E-state index contributed by atoms with van der Waals surface area (Å²) in [5.74, 6) is 2.79. The van der Waals surface area contributed by atoms with Crippen molar-refractivity contribution in [2.75, 3.05) is 100 Å². The fourth-order valence-electron chi connectivity index (χ4n) is 10.3. The summed E-state index contributed by atoms with van der Waals surface area (Å²) in [6, 6.07) is 19.4. The van der Waals surface area contributed by atoms with Crippen LogP contribution in [0.25, 0.3) is 5.00 Å². The molecule has 3 saturated heterocycles. The maximum absolute atomic E-state index is 14.1. The van der Waals surface area contributed by atoms with Gasteiger partial charge in [-0.25, -0.2) is 9.37 Å². The number of pyridine rings is 1. The first-order valence-electron chi connectivity index (χ1n) is 24.7. The number of ether oxygens (including phenoxy) is 4. The predicted octanol–water partition coefficient (Wildman–Crippen LogP) is 8.46. The van der Waals surface area contributed by atoms with Gasteiger partial charge in [-0.3, -0.25) is 14.4 Å². The molecule has 4 aliphatic heterocycles. The van der Waals surface area contributed by atoms with Crippen molar-refractivity contribution in [3.05, 3.63) is 111 Å². The normalized spacial score (nSPS) is 19.3. The van der Waals surface area contributed by atoms with Crippen LogP contribution >= 0.6 is 22.9 Å². The molecule has 2 aromatic carbocycles. The highest BCUT2D eigenvalue weighted by Gasteiger charge is 2.41. The van der Waals surface area contributed by atoms with Gasteiger partial charge < -0.3 is 39.0 Å². The zero-order chi connectivity index (χ0) is 47.7. The van der Waals surface area contributed by atoms with Gasteiger partial charge in [0.2, 0.25) is 5.91 Å². The summed E-state index contributed by atoms with van der Waals surface area (Å²) in [6.07, 6.45) is 8.73. The number of rotatable bonds is 21. The quantitative estimate of drug-likeness (QED) is 0.0711. The number of carbonyl (C=O) groups excluding carboxylic acids is 1. The summed E-state index contributed by atoms with van der Waals surface area (Å²) >= 11 is 7.92. The van der Waals surface area contributed by atoms with Crippen molar-refractivity contribution in [1.29, 1.82) is 0 Å². The lowest BCUT2D eigenvalue weighted by molar-refractivity contribution is -0.121. The molecule has 1 amide bonds. The van der Waals surface area contributed by atoms with Crippen LogP contribution in [-0.2, 0) is 23.7 Å². The Balaban J connectivity index is 0.605. The van der Waals surface area contributed by atoms with Crippen LogP contribution in [-0.4, -0.2) is 129 Å². The van der Waals surface area contributed by atoms with E-state index in [1.54, 1.807) is 17.4 Å². The van der Waals surface area contributed by atoms with Crippen LogP contribution < -0.4 is 20.0 Å². The SMILES string of the molecule is Cc1sc2c(c1C)C(c1ccc(Cl)cc1)=N[C@@H](CC(=O)NCCOCCOCCOCCOCCC1CCN(c3ccnc(N4CC[C@@H]5[C@H]4CCCN5c4cccc(F)c4)c3)CC1)c1nnc(C)n1-2. The van der Waals surface area contributed by atoms with E-state index in [0.29, 0.717) is 81.6 Å². The molecule has 0 spiro atoms. The topological polar surface area (TPSA) is 132 Å². The van der Waals surface area contributed by atoms with Crippen LogP contribution in [0.15, 0.2) is 71.9 Å². The number of benzene rings is 2. The Hall–Kier alpha value is -4.97. The van der Waals surface area contributed by atoms with Gasteiger partial charge in [0.25, 0.3) is 0 Å². The number of hydrogen-bond acceptors (Lipinski definition) is 13. The van der Waals surface area contributed by atoms with E-state index in [9.17, 15) is 9.18 Å². The number of piperidine rings is 2. The van der Waals surface area contributed by atoms with Crippen LogP contribution in [0, 0.1) is 32.5 Å². The number of aromatic nitrogens is 4. The maximum atomic E-state index is 14.1. The van der Waals surface area contributed by atoms with Crippen molar-refractivity contribution < 1.29 is 28.1 Å². The summed E-state index contributed by atoms with van der Waals surface area (Å²) in [5, 5.41) is 13.5. The molecule has 14 nitrogen and oxygen atoms in total. The average molecular weight is 983 g/mol. The van der Waals surface area contributed by atoms with Crippen LogP contribution in [0.5, 0.6) is 0 Å². The second kappa shape index (κ2) is 23.3. The molecule has 7 heterocycles. The van der Waals surface area contributed by atoms with E-state index >= 15 is 0 Å². The van der Waals surface area contributed by atoms with Crippen molar-refractivity contribution in [2.45, 2.75) is 83.8 Å². The predicted molar refractivity (Wildman–Crippen MR) is 270 cm³/mol. The van der Waals surface area contributed by atoms with Crippen molar-refractivity contribution in [3.8, 4) is 5.00 Å². The molecule has 3 aromatic heterocycles. The lowest BCUT2D eigenvalue weighted by atomic mass is 9.93. The Morgan fingerprint density at radius 3 is 2.28 bits per heavy atom. The summed E-state index contributed by atoms with van der Waals surface area (Å²) in [4.78, 5) is 31.9. The Morgan fingerprint density at radius 2 is 1.52 bits per heavy atom. The van der Waals surface area contributed by atoms with Gasteiger partial charge in [0.15, 0.2) is 5.82 Å². The number of halogens is 2. The highest BCUT2D eigenvalue weighted by Crippen LogP contribution is 2.41. The number of aliphatic imine (C=N–C) groups is 1. The first-order chi connectivity index (χ1) is 33.7. The molecular weight excluding hydrogens is 917 g/mol. The first-order valence-corrected chi connectivity index (χ1v) is 25.8. The fourth-order valence-corrected chi connectivity index (χ4v) is 11.7. The Morgan fingerprint density at radius 1 is 0.797 bits per heavy atom. The van der Waals surface area contributed by atoms with Gasteiger partial charge >= 0.3 is 0 Å². The number of anilines is 3. The van der Waals surface area contributed by atoms with Crippen molar-refractivity contribution in [2.24, 2.45) is 10.9 Å². The van der Waals surface area contributed by atoms with Crippen LogP contribution in [0.4, 0.5) is 21.6 Å². The minimum absolute atomic E-state index is 0.119. The molecule has 0 unspecified atom stereocenters. The number of nitrogens with one attached hydrogen (secondary N) is 1. The molecule has 1 N–H and O–H groups in total. The van der Waals surface area contributed by atoms with E-state index in [1.807, 2.05) is 54.1 Å². The van der Waals surface area contributed by atoms with E-state index in [2.05, 4.69) is 56.2 Å². The first kappa shape index (κ1) is 49.0. The van der Waals surface area contributed by atoms with Gasteiger partial charge in [0, 0.05) is 84.0 Å². The minimum Gasteiger partial charge on any atom is -0.379 e. The molecule has 3 atom stereocenters. The summed E-state index contributed by atoms with van der Waals surface area (Å²) < 4.78 is 39.2. The lowest BCUT2D eigenvalue weighted by Crippen LogP contribution is -2.50. The number of hydrogen-bond donors (Lipinski definition) is 1. The summed E-state index contributed by atoms with van der Waals surface area (Å²) in [6.45, 7) is 14.5. The van der Waals surface area contributed by atoms with Gasteiger partial charge in [0.1, 0.15) is 28.5 Å². The van der Waals surface area contributed by atoms with Crippen molar-refractivity contribution >= 4 is 51.7 Å². The van der Waals surface area contributed by atoms with Crippen molar-refractivity contribution in [3.63, 3.8) is 0 Å². The van der Waals surface area contributed by atoms with Crippen LogP contribution in [0.3, 0.4) is 0 Å². The van der Waals surface area contributed by atoms with E-state index < -0.39 is 6.04 Å². The largest absolute Gasteiger partial charge is 0.379 e. The van der Waals surface area contributed by atoms with E-state index in [4.69, 9.17) is 40.5 Å². The van der Waals surface area contributed by atoms with Gasteiger partial charge in [-0.05, 0) is 107 Å². The van der Waals surface area contributed by atoms with Gasteiger partial charge in [-0.1, -0.05) is 29.8 Å². The van der Waals surface area contributed by atoms with E-state index in [-0.39, 0.29) is 18.1 Å². The monoisotopic (exact) mass is 981 g/mol. The smallest absolute Gasteiger partial charge is 0.222 e. The summed E-state index contributed by atoms with van der Waals surface area (Å²) in [5.41, 5.74) is 6.16. The molecule has 4 aliphatic rings. The number of thiophene rings is 1. The van der Waals surface area contributed by atoms with Crippen LogP contribution in [0.1, 0.15) is 84.2 Å². The molecular formula is C52H65ClFN9O5S. The van der Waals surface area contributed by atoms with E-state index in [1.165, 1.54) is 16.6 Å². The fraction of sp³-hybridized carbons (Fsp3) is 0.519. The van der Waals surface area contributed by atoms with E-state index in [0.717, 1.165) is 116 Å². The highest BCUT2D eigenvalue weighted by atomic mass is 35.5. The molecule has 0 radical (unpaired) electrons. The van der Waals surface area contributed by atoms with Gasteiger partial charge in [-0.15, -0.1) is 21.5 Å². The number of aryl methyl sites for hydroxylation is 2. The molecule has 69 heavy (non-hydrogen) atoms. The Bertz CT molecular complexity index is 2530. The summed E-state index contributed by atoms with van der Waals surface area (Å²) in [7, 11) is 0. The Kier molecular flexibility index (Phi) is 16.6. The van der Waals surface area contributed by atoms with Crippen LogP contribution in [0.2, 0.25) is 5.02 Å². The molecule has 9 rings (SSSR count). The molecule has 3 fully saturated rings. The third kappa shape index (κ3) is 11.8.